The molecule has 0 aromatic carbocycles. The Hall–Kier alpha value is -1.70. The second-order valence-corrected chi connectivity index (χ2v) is 4.36. The topological polar surface area (TPSA) is 108 Å². The Bertz CT molecular complexity index is 413. The Morgan fingerprint density at radius 2 is 1.48 bits per heavy atom. The van der Waals surface area contributed by atoms with Crippen LogP contribution in [0.2, 0.25) is 0 Å². The number of ether oxygens (including phenoxy) is 3. The van der Waals surface area contributed by atoms with E-state index in [0.29, 0.717) is 5.57 Å². The Morgan fingerprint density at radius 3 is 1.81 bits per heavy atom. The molecule has 0 aliphatic heterocycles. The molecule has 2 atom stereocenters. The van der Waals surface area contributed by atoms with Gasteiger partial charge >= 0.3 is 0 Å². The highest BCUT2D eigenvalue weighted by Gasteiger charge is 2.21. The van der Waals surface area contributed by atoms with E-state index in [2.05, 4.69) is 6.58 Å². The van der Waals surface area contributed by atoms with Crippen LogP contribution in [0.3, 0.4) is 0 Å². The second kappa shape index (κ2) is 9.28. The quantitative estimate of drug-likeness (QED) is 0.448. The smallest absolute Gasteiger partial charge is 0.0785 e. The zero-order valence-corrected chi connectivity index (χ0v) is 12.6. The van der Waals surface area contributed by atoms with Gasteiger partial charge in [-0.15, -0.1) is 0 Å². The average molecular weight is 300 g/mol. The summed E-state index contributed by atoms with van der Waals surface area (Å²) in [5.41, 5.74) is -0.0715. The zero-order valence-electron chi connectivity index (χ0n) is 12.6. The fraction of sp³-hybridized carbons (Fsp3) is 0.571. The van der Waals surface area contributed by atoms with Gasteiger partial charge in [0.15, 0.2) is 0 Å². The van der Waals surface area contributed by atoms with Crippen molar-refractivity contribution in [1.82, 2.24) is 0 Å². The molecule has 2 unspecified atom stereocenters. The lowest BCUT2D eigenvalue weighted by molar-refractivity contribution is -0.300. The summed E-state index contributed by atoms with van der Waals surface area (Å²) in [5.74, 6) is -2.89. The molecule has 0 spiro atoms. The van der Waals surface area contributed by atoms with E-state index in [4.69, 9.17) is 14.2 Å². The van der Waals surface area contributed by atoms with E-state index in [9.17, 15) is 19.8 Å². The molecule has 0 bridgehead atoms. The molecule has 0 fully saturated rings. The van der Waals surface area contributed by atoms with Gasteiger partial charge in [0, 0.05) is 19.8 Å². The minimum atomic E-state index is -1.45. The van der Waals surface area contributed by atoms with Crippen LogP contribution in [0.4, 0.5) is 0 Å². The summed E-state index contributed by atoms with van der Waals surface area (Å²) in [6.45, 7) is 5.84. The van der Waals surface area contributed by atoms with Crippen molar-refractivity contribution in [2.24, 2.45) is 0 Å². The lowest BCUT2D eigenvalue weighted by Crippen LogP contribution is -2.34. The maximum atomic E-state index is 11.3. The van der Waals surface area contributed by atoms with Crippen LogP contribution in [-0.2, 0) is 23.8 Å². The molecular formula is C14H20O7-2. The van der Waals surface area contributed by atoms with Crippen molar-refractivity contribution in [3.8, 4) is 0 Å². The van der Waals surface area contributed by atoms with Gasteiger partial charge in [-0.1, -0.05) is 6.58 Å². The molecule has 21 heavy (non-hydrogen) atoms. The third kappa shape index (κ3) is 6.07. The van der Waals surface area contributed by atoms with Gasteiger partial charge in [-0.3, -0.25) is 0 Å². The number of carboxylic acids is 2. The molecule has 0 aliphatic rings. The highest BCUT2D eigenvalue weighted by molar-refractivity contribution is 5.86. The number of methoxy groups -OCH3 is 2. The fourth-order valence-corrected chi connectivity index (χ4v) is 1.67. The van der Waals surface area contributed by atoms with Crippen LogP contribution >= 0.6 is 0 Å². The molecule has 0 rings (SSSR count). The second-order valence-electron chi connectivity index (χ2n) is 4.36. The van der Waals surface area contributed by atoms with Crippen molar-refractivity contribution in [2.45, 2.75) is 26.1 Å². The molecule has 0 aromatic rings. The molecule has 0 aromatic heterocycles. The van der Waals surface area contributed by atoms with E-state index >= 15 is 0 Å². The number of carbonyl (C=O) groups excluding carboxylic acids is 2. The fourth-order valence-electron chi connectivity index (χ4n) is 1.67. The molecule has 0 amide bonds. The molecule has 7 heteroatoms. The lowest BCUT2D eigenvalue weighted by Gasteiger charge is -2.25. The Balaban J connectivity index is 5.20. The number of carbonyl (C=O) groups is 2. The normalized spacial score (nSPS) is 13.3. The highest BCUT2D eigenvalue weighted by Crippen LogP contribution is 2.19. The largest absolute Gasteiger partial charge is 0.545 e. The number of rotatable bonds is 10. The number of hydrogen-bond donors (Lipinski definition) is 0. The van der Waals surface area contributed by atoms with Gasteiger partial charge in [0.1, 0.15) is 0 Å². The van der Waals surface area contributed by atoms with Crippen LogP contribution in [0, 0.1) is 0 Å². The van der Waals surface area contributed by atoms with Crippen LogP contribution in [0.5, 0.6) is 0 Å². The van der Waals surface area contributed by atoms with Gasteiger partial charge in [0.25, 0.3) is 0 Å². The first-order valence-corrected chi connectivity index (χ1v) is 6.22. The molecule has 0 radical (unpaired) electrons. The predicted octanol–water partition coefficient (Wildman–Crippen LogP) is -1.57. The van der Waals surface area contributed by atoms with Crippen LogP contribution < -0.4 is 10.2 Å². The standard InChI is InChI=1S/C14H22O7/c1-8(13(15)16)6-21-7-11(14(17)18)12(9(2)19-4)10(3)20-5/h9-10H,1,6-7H2,2-5H3,(H,15,16)(H,17,18)/p-2. The van der Waals surface area contributed by atoms with E-state index in [-0.39, 0.29) is 24.4 Å². The van der Waals surface area contributed by atoms with E-state index in [1.807, 2.05) is 0 Å². The monoisotopic (exact) mass is 300 g/mol. The van der Waals surface area contributed by atoms with Crippen molar-refractivity contribution >= 4 is 11.9 Å². The minimum absolute atomic E-state index is 0.148. The van der Waals surface area contributed by atoms with Gasteiger partial charge in [0.2, 0.25) is 0 Å². The minimum Gasteiger partial charge on any atom is -0.545 e. The third-order valence-electron chi connectivity index (χ3n) is 2.99. The molecule has 0 saturated heterocycles. The summed E-state index contributed by atoms with van der Waals surface area (Å²) in [6.07, 6.45) is -1.05. The van der Waals surface area contributed by atoms with E-state index in [1.54, 1.807) is 13.8 Å². The highest BCUT2D eigenvalue weighted by atomic mass is 16.5. The Morgan fingerprint density at radius 1 is 1.00 bits per heavy atom. The molecule has 120 valence electrons. The van der Waals surface area contributed by atoms with Crippen molar-refractivity contribution < 1.29 is 34.0 Å². The van der Waals surface area contributed by atoms with Crippen molar-refractivity contribution in [2.75, 3.05) is 27.4 Å². The number of carboxylic acid groups (broad SMARTS) is 2. The summed E-state index contributed by atoms with van der Waals surface area (Å²) in [4.78, 5) is 21.8. The molecule has 0 saturated carbocycles. The molecule has 0 aliphatic carbocycles. The summed E-state index contributed by atoms with van der Waals surface area (Å²) < 4.78 is 15.3. The number of aliphatic carboxylic acids is 2. The SMILES string of the molecule is C=C(COCC(C(=O)[O-])=C(C(C)OC)C(C)OC)C(=O)[O-]. The van der Waals surface area contributed by atoms with Crippen LogP contribution in [0.1, 0.15) is 13.8 Å². The zero-order chi connectivity index (χ0) is 16.6. The van der Waals surface area contributed by atoms with Gasteiger partial charge in [0.05, 0.1) is 37.4 Å². The van der Waals surface area contributed by atoms with E-state index in [1.165, 1.54) is 14.2 Å². The summed E-state index contributed by atoms with van der Waals surface area (Å²) in [6, 6.07) is 0. The predicted molar refractivity (Wildman–Crippen MR) is 69.9 cm³/mol. The summed E-state index contributed by atoms with van der Waals surface area (Å²) >= 11 is 0. The first-order chi connectivity index (χ1) is 9.76. The van der Waals surface area contributed by atoms with Crippen molar-refractivity contribution in [1.29, 1.82) is 0 Å². The Kier molecular flexibility index (Phi) is 8.52. The third-order valence-corrected chi connectivity index (χ3v) is 2.99. The Labute approximate surface area is 123 Å². The number of hydrogen-bond acceptors (Lipinski definition) is 7. The maximum Gasteiger partial charge on any atom is 0.0785 e. The molecule has 0 heterocycles. The first-order valence-electron chi connectivity index (χ1n) is 6.22. The van der Waals surface area contributed by atoms with Crippen molar-refractivity contribution in [3.63, 3.8) is 0 Å². The van der Waals surface area contributed by atoms with Crippen LogP contribution in [-0.4, -0.2) is 51.6 Å². The lowest BCUT2D eigenvalue weighted by atomic mass is 9.99. The van der Waals surface area contributed by atoms with Gasteiger partial charge in [-0.05, 0) is 25.0 Å². The molecular weight excluding hydrogens is 280 g/mol. The van der Waals surface area contributed by atoms with E-state index < -0.39 is 24.1 Å². The maximum absolute atomic E-state index is 11.3. The summed E-state index contributed by atoms with van der Waals surface area (Å²) in [5, 5.41) is 21.8. The van der Waals surface area contributed by atoms with Gasteiger partial charge in [-0.2, -0.15) is 0 Å². The average Bonchev–Trinajstić information content (AvgIpc) is 2.44. The molecule has 0 N–H and O–H groups in total. The first kappa shape index (κ1) is 19.3. The molecule has 7 nitrogen and oxygen atoms in total. The van der Waals surface area contributed by atoms with Crippen LogP contribution in [0.25, 0.3) is 0 Å². The van der Waals surface area contributed by atoms with E-state index in [0.717, 1.165) is 0 Å². The van der Waals surface area contributed by atoms with Gasteiger partial charge in [-0.25, -0.2) is 0 Å². The van der Waals surface area contributed by atoms with Gasteiger partial charge < -0.3 is 34.0 Å². The van der Waals surface area contributed by atoms with Crippen LogP contribution in [0.15, 0.2) is 23.3 Å². The van der Waals surface area contributed by atoms with Crippen molar-refractivity contribution in [3.05, 3.63) is 23.3 Å². The summed E-state index contributed by atoms with van der Waals surface area (Å²) in [7, 11) is 2.86.